The highest BCUT2D eigenvalue weighted by Gasteiger charge is 2.09. The first-order valence-corrected chi connectivity index (χ1v) is 8.42. The smallest absolute Gasteiger partial charge is 0.262 e. The number of hydrogen-bond donors (Lipinski definition) is 1. The van der Waals surface area contributed by atoms with E-state index in [0.717, 1.165) is 22.5 Å². The quantitative estimate of drug-likeness (QED) is 0.755. The predicted octanol–water partition coefficient (Wildman–Crippen LogP) is 4.09. The number of ether oxygens (including phenoxy) is 1. The van der Waals surface area contributed by atoms with Gasteiger partial charge in [0.05, 0.1) is 0 Å². The summed E-state index contributed by atoms with van der Waals surface area (Å²) in [5.41, 5.74) is 4.64. The molecule has 1 N–H and O–H groups in total. The number of para-hydroxylation sites is 1. The van der Waals surface area contributed by atoms with E-state index in [2.05, 4.69) is 15.3 Å². The minimum atomic E-state index is -0.229. The fourth-order valence-corrected chi connectivity index (χ4v) is 2.48. The highest BCUT2D eigenvalue weighted by atomic mass is 16.5. The number of amides is 1. The zero-order valence-electron chi connectivity index (χ0n) is 15.1. The molecule has 0 aliphatic heterocycles. The molecule has 1 aromatic heterocycles. The molecule has 0 atom stereocenters. The van der Waals surface area contributed by atoms with E-state index in [-0.39, 0.29) is 12.5 Å². The molecule has 3 rings (SSSR count). The number of hydrogen-bond acceptors (Lipinski definition) is 4. The van der Waals surface area contributed by atoms with Crippen LogP contribution in [0.1, 0.15) is 16.8 Å². The molecule has 0 saturated heterocycles. The summed E-state index contributed by atoms with van der Waals surface area (Å²) in [5.74, 6) is 0.736. The summed E-state index contributed by atoms with van der Waals surface area (Å²) < 4.78 is 5.58. The van der Waals surface area contributed by atoms with Gasteiger partial charge in [-0.2, -0.15) is 4.98 Å². The fourth-order valence-electron chi connectivity index (χ4n) is 2.48. The van der Waals surface area contributed by atoms with Crippen molar-refractivity contribution in [3.8, 4) is 17.3 Å². The summed E-state index contributed by atoms with van der Waals surface area (Å²) in [6.45, 7) is 5.73. The molecule has 0 aliphatic carbocycles. The van der Waals surface area contributed by atoms with Crippen LogP contribution in [0.15, 0.2) is 54.6 Å². The average Bonchev–Trinajstić information content (AvgIpc) is 2.62. The van der Waals surface area contributed by atoms with Crippen molar-refractivity contribution in [2.24, 2.45) is 0 Å². The van der Waals surface area contributed by atoms with E-state index in [1.165, 1.54) is 5.56 Å². The first-order chi connectivity index (χ1) is 12.5. The Labute approximate surface area is 153 Å². The largest absolute Gasteiger partial charge is 0.467 e. The van der Waals surface area contributed by atoms with Crippen LogP contribution < -0.4 is 10.1 Å². The van der Waals surface area contributed by atoms with Gasteiger partial charge in [0, 0.05) is 23.0 Å². The maximum Gasteiger partial charge on any atom is 0.262 e. The fraction of sp³-hybridized carbons (Fsp3) is 0.190. The monoisotopic (exact) mass is 347 g/mol. The Morgan fingerprint density at radius 2 is 1.73 bits per heavy atom. The summed E-state index contributed by atoms with van der Waals surface area (Å²) in [6, 6.07) is 17.3. The second-order valence-electron chi connectivity index (χ2n) is 6.19. The third kappa shape index (κ3) is 4.45. The lowest BCUT2D eigenvalue weighted by Gasteiger charge is -2.10. The molecule has 0 bridgehead atoms. The molecular formula is C21H21N3O2. The molecule has 5 heteroatoms. The Balaban J connectivity index is 1.69. The van der Waals surface area contributed by atoms with Crippen LogP contribution >= 0.6 is 0 Å². The Bertz CT molecular complexity index is 921. The Morgan fingerprint density at radius 1 is 1.00 bits per heavy atom. The third-order valence-electron chi connectivity index (χ3n) is 3.91. The van der Waals surface area contributed by atoms with Gasteiger partial charge in [-0.05, 0) is 32.4 Å². The van der Waals surface area contributed by atoms with E-state index in [4.69, 9.17) is 4.74 Å². The number of carbonyl (C=O) groups excluding carboxylic acids is 1. The number of anilines is 1. The first-order valence-electron chi connectivity index (χ1n) is 8.42. The van der Waals surface area contributed by atoms with E-state index in [0.29, 0.717) is 11.7 Å². The molecule has 2 aromatic carbocycles. The molecule has 3 aromatic rings. The lowest BCUT2D eigenvalue weighted by molar-refractivity contribution is -0.118. The Kier molecular flexibility index (Phi) is 5.27. The highest BCUT2D eigenvalue weighted by molar-refractivity contribution is 5.92. The number of aryl methyl sites for hydroxylation is 3. The zero-order chi connectivity index (χ0) is 18.5. The minimum absolute atomic E-state index is 0.113. The molecule has 26 heavy (non-hydrogen) atoms. The van der Waals surface area contributed by atoms with Gasteiger partial charge in [0.2, 0.25) is 5.88 Å². The van der Waals surface area contributed by atoms with Crippen LogP contribution in [0, 0.1) is 20.8 Å². The topological polar surface area (TPSA) is 64.1 Å². The van der Waals surface area contributed by atoms with Gasteiger partial charge in [-0.3, -0.25) is 4.79 Å². The van der Waals surface area contributed by atoms with E-state index in [9.17, 15) is 4.79 Å². The van der Waals surface area contributed by atoms with Crippen LogP contribution in [0.5, 0.6) is 5.88 Å². The second-order valence-corrected chi connectivity index (χ2v) is 6.19. The van der Waals surface area contributed by atoms with E-state index >= 15 is 0 Å². The normalized spacial score (nSPS) is 10.4. The SMILES string of the molecule is Cc1ccc(-c2nc(C)cc(OCC(=O)Nc3ccccc3C)n2)cc1. The Hall–Kier alpha value is -3.21. The molecule has 1 amide bonds. The van der Waals surface area contributed by atoms with Crippen molar-refractivity contribution in [1.29, 1.82) is 0 Å². The van der Waals surface area contributed by atoms with Crippen molar-refractivity contribution < 1.29 is 9.53 Å². The lowest BCUT2D eigenvalue weighted by Crippen LogP contribution is -2.21. The van der Waals surface area contributed by atoms with Crippen molar-refractivity contribution in [3.05, 3.63) is 71.4 Å². The highest BCUT2D eigenvalue weighted by Crippen LogP contribution is 2.20. The summed E-state index contributed by atoms with van der Waals surface area (Å²) in [6.07, 6.45) is 0. The molecule has 1 heterocycles. The van der Waals surface area contributed by atoms with Crippen LogP contribution in [-0.2, 0) is 4.79 Å². The molecule has 0 aliphatic rings. The molecule has 0 spiro atoms. The van der Waals surface area contributed by atoms with Crippen molar-refractivity contribution in [1.82, 2.24) is 9.97 Å². The van der Waals surface area contributed by atoms with E-state index < -0.39 is 0 Å². The summed E-state index contributed by atoms with van der Waals surface area (Å²) in [5, 5.41) is 2.84. The maximum atomic E-state index is 12.1. The summed E-state index contributed by atoms with van der Waals surface area (Å²) >= 11 is 0. The minimum Gasteiger partial charge on any atom is -0.467 e. The average molecular weight is 347 g/mol. The number of aromatic nitrogens is 2. The first kappa shape index (κ1) is 17.6. The molecular weight excluding hydrogens is 326 g/mol. The second kappa shape index (κ2) is 7.78. The third-order valence-corrected chi connectivity index (χ3v) is 3.91. The van der Waals surface area contributed by atoms with Crippen LogP contribution in [0.2, 0.25) is 0 Å². The molecule has 0 saturated carbocycles. The van der Waals surface area contributed by atoms with E-state index in [1.54, 1.807) is 6.07 Å². The van der Waals surface area contributed by atoms with E-state index in [1.807, 2.05) is 69.3 Å². The van der Waals surface area contributed by atoms with Gasteiger partial charge in [0.15, 0.2) is 12.4 Å². The van der Waals surface area contributed by atoms with Crippen molar-refractivity contribution in [2.75, 3.05) is 11.9 Å². The number of benzene rings is 2. The van der Waals surface area contributed by atoms with Gasteiger partial charge in [-0.25, -0.2) is 4.98 Å². The molecule has 0 radical (unpaired) electrons. The lowest BCUT2D eigenvalue weighted by atomic mass is 10.1. The maximum absolute atomic E-state index is 12.1. The standard InChI is InChI=1S/C21H21N3O2/c1-14-8-10-17(11-9-14)21-22-16(3)12-20(24-21)26-13-19(25)23-18-7-5-4-6-15(18)2/h4-12H,13H2,1-3H3,(H,23,25). The van der Waals surface area contributed by atoms with Gasteiger partial charge < -0.3 is 10.1 Å². The number of nitrogens with zero attached hydrogens (tertiary/aromatic N) is 2. The molecule has 132 valence electrons. The predicted molar refractivity (Wildman–Crippen MR) is 102 cm³/mol. The number of carbonyl (C=O) groups is 1. The summed E-state index contributed by atoms with van der Waals surface area (Å²) in [4.78, 5) is 21.0. The van der Waals surface area contributed by atoms with Gasteiger partial charge >= 0.3 is 0 Å². The van der Waals surface area contributed by atoms with Gasteiger partial charge in [-0.1, -0.05) is 48.0 Å². The van der Waals surface area contributed by atoms with Crippen molar-refractivity contribution in [3.63, 3.8) is 0 Å². The van der Waals surface area contributed by atoms with Gasteiger partial charge in [-0.15, -0.1) is 0 Å². The van der Waals surface area contributed by atoms with Crippen LogP contribution in [-0.4, -0.2) is 22.5 Å². The Morgan fingerprint density at radius 3 is 2.46 bits per heavy atom. The van der Waals surface area contributed by atoms with Crippen LogP contribution in [0.3, 0.4) is 0 Å². The van der Waals surface area contributed by atoms with Crippen molar-refractivity contribution in [2.45, 2.75) is 20.8 Å². The molecule has 0 unspecified atom stereocenters. The zero-order valence-corrected chi connectivity index (χ0v) is 15.1. The summed E-state index contributed by atoms with van der Waals surface area (Å²) in [7, 11) is 0. The van der Waals surface area contributed by atoms with Crippen LogP contribution in [0.25, 0.3) is 11.4 Å². The van der Waals surface area contributed by atoms with Crippen molar-refractivity contribution >= 4 is 11.6 Å². The van der Waals surface area contributed by atoms with Gasteiger partial charge in [0.25, 0.3) is 5.91 Å². The van der Waals surface area contributed by atoms with Crippen LogP contribution in [0.4, 0.5) is 5.69 Å². The number of nitrogens with one attached hydrogen (secondary N) is 1. The molecule has 0 fully saturated rings. The van der Waals surface area contributed by atoms with Gasteiger partial charge in [0.1, 0.15) is 0 Å². The molecule has 5 nitrogen and oxygen atoms in total. The number of rotatable bonds is 5.